The van der Waals surface area contributed by atoms with E-state index >= 15 is 0 Å². The van der Waals surface area contributed by atoms with Gasteiger partial charge in [0.15, 0.2) is 0 Å². The van der Waals surface area contributed by atoms with Gasteiger partial charge in [-0.15, -0.1) is 0 Å². The summed E-state index contributed by atoms with van der Waals surface area (Å²) in [5.74, 6) is 0. The minimum atomic E-state index is 0.883. The fraction of sp³-hybridized carbons (Fsp3) is 0.0556. The Morgan fingerprint density at radius 1 is 0.425 bits per heavy atom. The van der Waals surface area contributed by atoms with Crippen molar-refractivity contribution in [2.24, 2.45) is 0 Å². The number of pyridine rings is 4. The molecule has 0 unspecified atom stereocenters. The van der Waals surface area contributed by atoms with Crippen LogP contribution in [0.15, 0.2) is 122 Å². The van der Waals surface area contributed by atoms with Crippen LogP contribution in [0.25, 0.3) is 66.6 Å². The lowest BCUT2D eigenvalue weighted by atomic mass is 9.86. The SMILES string of the molecule is Cc1cc(-c2c3ccccc3c(-c3cnc(-c4ccccn4)c(C)c3)c3ccccc23)cnc1-c1ccccn1. The third kappa shape index (κ3) is 4.02. The predicted molar refractivity (Wildman–Crippen MR) is 164 cm³/mol. The fourth-order valence-corrected chi connectivity index (χ4v) is 5.72. The van der Waals surface area contributed by atoms with Gasteiger partial charge in [-0.05, 0) is 94.0 Å². The highest BCUT2D eigenvalue weighted by Crippen LogP contribution is 2.44. The van der Waals surface area contributed by atoms with Crippen LogP contribution in [0.1, 0.15) is 11.1 Å². The average Bonchev–Trinajstić information content (AvgIpc) is 3.00. The normalized spacial score (nSPS) is 11.2. The largest absolute Gasteiger partial charge is 0.255 e. The maximum Gasteiger partial charge on any atom is 0.0915 e. The lowest BCUT2D eigenvalue weighted by molar-refractivity contribution is 1.21. The number of aromatic nitrogens is 4. The Balaban J connectivity index is 1.46. The van der Waals surface area contributed by atoms with Crippen molar-refractivity contribution >= 4 is 21.5 Å². The second-order valence-corrected chi connectivity index (χ2v) is 10.1. The molecule has 0 bridgehead atoms. The molecule has 40 heavy (non-hydrogen) atoms. The van der Waals surface area contributed by atoms with Gasteiger partial charge in [-0.3, -0.25) is 19.9 Å². The highest BCUT2D eigenvalue weighted by molar-refractivity contribution is 6.21. The maximum absolute atomic E-state index is 4.89. The summed E-state index contributed by atoms with van der Waals surface area (Å²) in [6.07, 6.45) is 7.59. The van der Waals surface area contributed by atoms with Crippen molar-refractivity contribution in [2.75, 3.05) is 0 Å². The van der Waals surface area contributed by atoms with E-state index in [1.165, 1.54) is 32.7 Å². The molecule has 0 amide bonds. The zero-order chi connectivity index (χ0) is 27.1. The molecule has 3 aromatic carbocycles. The Hall–Kier alpha value is -5.22. The number of hydrogen-bond acceptors (Lipinski definition) is 4. The summed E-state index contributed by atoms with van der Waals surface area (Å²) in [6.45, 7) is 4.22. The molecular weight excluding hydrogens is 488 g/mol. The molecule has 0 fully saturated rings. The number of nitrogens with zero attached hydrogens (tertiary/aromatic N) is 4. The van der Waals surface area contributed by atoms with Gasteiger partial charge >= 0.3 is 0 Å². The van der Waals surface area contributed by atoms with Crippen LogP contribution in [0.5, 0.6) is 0 Å². The summed E-state index contributed by atoms with van der Waals surface area (Å²) < 4.78 is 0. The van der Waals surface area contributed by atoms with Crippen LogP contribution in [-0.4, -0.2) is 19.9 Å². The van der Waals surface area contributed by atoms with Gasteiger partial charge in [0.25, 0.3) is 0 Å². The smallest absolute Gasteiger partial charge is 0.0915 e. The van der Waals surface area contributed by atoms with Gasteiger partial charge in [0.1, 0.15) is 0 Å². The first-order chi connectivity index (χ1) is 19.7. The van der Waals surface area contributed by atoms with E-state index in [0.717, 1.165) is 45.0 Å². The van der Waals surface area contributed by atoms with Gasteiger partial charge in [0.05, 0.1) is 22.8 Å². The van der Waals surface area contributed by atoms with Crippen molar-refractivity contribution < 1.29 is 0 Å². The Morgan fingerprint density at radius 2 is 0.800 bits per heavy atom. The molecule has 4 heteroatoms. The van der Waals surface area contributed by atoms with Crippen LogP contribution in [0.3, 0.4) is 0 Å². The van der Waals surface area contributed by atoms with E-state index in [4.69, 9.17) is 9.97 Å². The summed E-state index contributed by atoms with van der Waals surface area (Å²) in [5, 5.41) is 4.76. The molecule has 0 spiro atoms. The van der Waals surface area contributed by atoms with Crippen molar-refractivity contribution in [3.8, 4) is 45.0 Å². The van der Waals surface area contributed by atoms with Crippen LogP contribution in [0.4, 0.5) is 0 Å². The molecule has 7 aromatic rings. The molecule has 0 aliphatic carbocycles. The minimum Gasteiger partial charge on any atom is -0.255 e. The maximum atomic E-state index is 4.89. The van der Waals surface area contributed by atoms with Crippen molar-refractivity contribution in [3.05, 3.63) is 133 Å². The first-order valence-corrected chi connectivity index (χ1v) is 13.4. The standard InChI is InChI=1S/C36H26N4/c1-23-19-25(21-39-35(23)31-15-7-9-17-37-31)33-27-11-3-5-13-29(27)34(30-14-6-4-12-28(30)33)26-20-24(2)36(40-22-26)32-16-8-10-18-38-32/h3-22H,1-2H3. The molecule has 0 saturated heterocycles. The summed E-state index contributed by atoms with van der Waals surface area (Å²) in [6, 6.07) is 33.6. The van der Waals surface area contributed by atoms with E-state index in [1.807, 2.05) is 61.2 Å². The second-order valence-electron chi connectivity index (χ2n) is 10.1. The molecule has 4 heterocycles. The Labute approximate surface area is 233 Å². The number of hydrogen-bond donors (Lipinski definition) is 0. The van der Waals surface area contributed by atoms with Gasteiger partial charge in [0.2, 0.25) is 0 Å². The lowest BCUT2D eigenvalue weighted by Crippen LogP contribution is -1.96. The Kier molecular flexibility index (Phi) is 5.86. The van der Waals surface area contributed by atoms with Crippen LogP contribution < -0.4 is 0 Å². The first-order valence-electron chi connectivity index (χ1n) is 13.4. The van der Waals surface area contributed by atoms with Gasteiger partial charge in [-0.1, -0.05) is 60.7 Å². The van der Waals surface area contributed by atoms with Gasteiger partial charge < -0.3 is 0 Å². The average molecular weight is 515 g/mol. The molecule has 4 aromatic heterocycles. The number of fused-ring (bicyclic) bond motifs is 2. The summed E-state index contributed by atoms with van der Waals surface area (Å²) in [4.78, 5) is 18.8. The number of rotatable bonds is 4. The second kappa shape index (κ2) is 9.83. The van der Waals surface area contributed by atoms with E-state index in [2.05, 4.69) is 84.5 Å². The van der Waals surface area contributed by atoms with E-state index < -0.39 is 0 Å². The van der Waals surface area contributed by atoms with E-state index in [9.17, 15) is 0 Å². The first kappa shape index (κ1) is 23.9. The van der Waals surface area contributed by atoms with Crippen LogP contribution in [-0.2, 0) is 0 Å². The third-order valence-corrected chi connectivity index (χ3v) is 7.48. The quantitative estimate of drug-likeness (QED) is 0.220. The zero-order valence-electron chi connectivity index (χ0n) is 22.3. The molecule has 0 aliphatic rings. The van der Waals surface area contributed by atoms with Crippen LogP contribution in [0, 0.1) is 13.8 Å². The minimum absolute atomic E-state index is 0.883. The Morgan fingerprint density at radius 3 is 1.12 bits per heavy atom. The topological polar surface area (TPSA) is 51.6 Å². The third-order valence-electron chi connectivity index (χ3n) is 7.48. The number of benzene rings is 3. The molecule has 0 radical (unpaired) electrons. The molecule has 4 nitrogen and oxygen atoms in total. The van der Waals surface area contributed by atoms with E-state index in [-0.39, 0.29) is 0 Å². The summed E-state index contributed by atoms with van der Waals surface area (Å²) >= 11 is 0. The van der Waals surface area contributed by atoms with Crippen molar-refractivity contribution in [2.45, 2.75) is 13.8 Å². The lowest BCUT2D eigenvalue weighted by Gasteiger charge is -2.18. The van der Waals surface area contributed by atoms with E-state index in [0.29, 0.717) is 0 Å². The van der Waals surface area contributed by atoms with Crippen molar-refractivity contribution in [1.29, 1.82) is 0 Å². The van der Waals surface area contributed by atoms with Crippen LogP contribution >= 0.6 is 0 Å². The molecule has 0 saturated carbocycles. The monoisotopic (exact) mass is 514 g/mol. The summed E-state index contributed by atoms with van der Waals surface area (Å²) in [5.41, 5.74) is 10.3. The van der Waals surface area contributed by atoms with E-state index in [1.54, 1.807) is 0 Å². The summed E-state index contributed by atoms with van der Waals surface area (Å²) in [7, 11) is 0. The van der Waals surface area contributed by atoms with Gasteiger partial charge in [-0.25, -0.2) is 0 Å². The zero-order valence-corrected chi connectivity index (χ0v) is 22.3. The van der Waals surface area contributed by atoms with Crippen LogP contribution in [0.2, 0.25) is 0 Å². The van der Waals surface area contributed by atoms with Crippen molar-refractivity contribution in [3.63, 3.8) is 0 Å². The Bertz CT molecular complexity index is 1810. The molecule has 190 valence electrons. The van der Waals surface area contributed by atoms with Crippen molar-refractivity contribution in [1.82, 2.24) is 19.9 Å². The molecule has 0 aliphatic heterocycles. The molecule has 0 N–H and O–H groups in total. The molecule has 7 rings (SSSR count). The highest BCUT2D eigenvalue weighted by atomic mass is 14.8. The van der Waals surface area contributed by atoms with Gasteiger partial charge in [0, 0.05) is 35.9 Å². The fourth-order valence-electron chi connectivity index (χ4n) is 5.72. The van der Waals surface area contributed by atoms with Gasteiger partial charge in [-0.2, -0.15) is 0 Å². The number of aryl methyl sites for hydroxylation is 2. The predicted octanol–water partition coefficient (Wildman–Crippen LogP) is 8.86. The molecule has 0 atom stereocenters. The highest BCUT2D eigenvalue weighted by Gasteiger charge is 2.18. The molecular formula is C36H26N4.